The van der Waals surface area contributed by atoms with Gasteiger partial charge in [0.2, 0.25) is 11.8 Å². The Morgan fingerprint density at radius 3 is 2.21 bits per heavy atom. The van der Waals surface area contributed by atoms with Gasteiger partial charge >= 0.3 is 0 Å². The Morgan fingerprint density at radius 1 is 1.11 bits per heavy atom. The van der Waals surface area contributed by atoms with Gasteiger partial charge in [-0.3, -0.25) is 9.59 Å². The summed E-state index contributed by atoms with van der Waals surface area (Å²) in [5.41, 5.74) is 0.430. The van der Waals surface area contributed by atoms with Gasteiger partial charge in [-0.2, -0.15) is 0 Å². The molecule has 1 aromatic carbocycles. The molecule has 0 unspecified atom stereocenters. The summed E-state index contributed by atoms with van der Waals surface area (Å²) in [6, 6.07) is 5.83. The van der Waals surface area contributed by atoms with Crippen LogP contribution in [0.15, 0.2) is 24.3 Å². The number of hydrogen-bond donors (Lipinski definition) is 2. The third kappa shape index (κ3) is 6.55. The van der Waals surface area contributed by atoms with Gasteiger partial charge < -0.3 is 10.6 Å². The molecule has 0 saturated carbocycles. The predicted octanol–water partition coefficient (Wildman–Crippen LogP) is 1.75. The first-order valence-corrected chi connectivity index (χ1v) is 6.08. The lowest BCUT2D eigenvalue weighted by Gasteiger charge is -2.20. The molecule has 0 heterocycles. The van der Waals surface area contributed by atoms with Gasteiger partial charge in [0.15, 0.2) is 0 Å². The Hall–Kier alpha value is -1.91. The third-order valence-electron chi connectivity index (χ3n) is 2.24. The molecule has 19 heavy (non-hydrogen) atoms. The molecule has 2 amide bonds. The summed E-state index contributed by atoms with van der Waals surface area (Å²) in [7, 11) is 0. The van der Waals surface area contributed by atoms with E-state index in [1.54, 1.807) is 12.1 Å². The molecule has 0 spiro atoms. The van der Waals surface area contributed by atoms with Gasteiger partial charge in [-0.1, -0.05) is 12.1 Å². The van der Waals surface area contributed by atoms with Crippen molar-refractivity contribution in [2.45, 2.75) is 39.3 Å². The molecule has 0 atom stereocenters. The Morgan fingerprint density at radius 2 is 1.68 bits per heavy atom. The predicted molar refractivity (Wildman–Crippen MR) is 70.8 cm³/mol. The Labute approximate surface area is 112 Å². The molecule has 0 fully saturated rings. The highest BCUT2D eigenvalue weighted by Gasteiger charge is 2.16. The van der Waals surface area contributed by atoms with Crippen LogP contribution < -0.4 is 10.6 Å². The summed E-state index contributed by atoms with van der Waals surface area (Å²) in [6.07, 6.45) is -0.210. The minimum Gasteiger partial charge on any atom is -0.352 e. The monoisotopic (exact) mass is 266 g/mol. The summed E-state index contributed by atoms with van der Waals surface area (Å²) >= 11 is 0. The van der Waals surface area contributed by atoms with E-state index in [2.05, 4.69) is 10.6 Å². The smallest absolute Gasteiger partial charge is 0.229 e. The molecule has 1 rings (SSSR count). The van der Waals surface area contributed by atoms with E-state index in [4.69, 9.17) is 0 Å². The molecule has 5 heteroatoms. The zero-order valence-electron chi connectivity index (χ0n) is 11.4. The standard InChI is InChI=1S/C14H19FN2O2/c1-14(2,3)17-13(19)8-12(18)16-9-10-4-6-11(15)7-5-10/h4-7H,8-9H2,1-3H3,(H,16,18)(H,17,19). The van der Waals surface area contributed by atoms with Crippen LogP contribution in [0.1, 0.15) is 32.8 Å². The number of carbonyl (C=O) groups excluding carboxylic acids is 2. The normalized spacial score (nSPS) is 10.9. The van der Waals surface area contributed by atoms with Crippen LogP contribution in [0.25, 0.3) is 0 Å². The van der Waals surface area contributed by atoms with Crippen LogP contribution in [0, 0.1) is 5.82 Å². The van der Waals surface area contributed by atoms with Crippen molar-refractivity contribution in [3.8, 4) is 0 Å². The number of halogens is 1. The molecule has 104 valence electrons. The lowest BCUT2D eigenvalue weighted by Crippen LogP contribution is -2.42. The van der Waals surface area contributed by atoms with Gasteiger partial charge in [-0.05, 0) is 38.5 Å². The number of benzene rings is 1. The summed E-state index contributed by atoms with van der Waals surface area (Å²) in [6.45, 7) is 5.83. The largest absolute Gasteiger partial charge is 0.352 e. The van der Waals surface area contributed by atoms with Crippen LogP contribution in [0.5, 0.6) is 0 Å². The zero-order valence-corrected chi connectivity index (χ0v) is 11.4. The fourth-order valence-electron chi connectivity index (χ4n) is 1.47. The second kappa shape index (κ2) is 6.31. The molecule has 0 aliphatic heterocycles. The SMILES string of the molecule is CC(C)(C)NC(=O)CC(=O)NCc1ccc(F)cc1. The number of carbonyl (C=O) groups is 2. The van der Waals surface area contributed by atoms with Gasteiger partial charge in [-0.15, -0.1) is 0 Å². The highest BCUT2D eigenvalue weighted by atomic mass is 19.1. The van der Waals surface area contributed by atoms with Crippen LogP contribution in [0.4, 0.5) is 4.39 Å². The van der Waals surface area contributed by atoms with E-state index in [1.807, 2.05) is 20.8 Å². The molecule has 0 aliphatic carbocycles. The Kier molecular flexibility index (Phi) is 5.03. The van der Waals surface area contributed by atoms with Crippen molar-refractivity contribution in [3.05, 3.63) is 35.6 Å². The van der Waals surface area contributed by atoms with Gasteiger partial charge in [0.1, 0.15) is 12.2 Å². The maximum atomic E-state index is 12.7. The molecule has 0 aliphatic rings. The second-order valence-corrected chi connectivity index (χ2v) is 5.38. The topological polar surface area (TPSA) is 58.2 Å². The Bertz CT molecular complexity index is 450. The van der Waals surface area contributed by atoms with Crippen LogP contribution in [0.2, 0.25) is 0 Å². The van der Waals surface area contributed by atoms with E-state index in [-0.39, 0.29) is 36.1 Å². The van der Waals surface area contributed by atoms with Crippen molar-refractivity contribution in [2.75, 3.05) is 0 Å². The maximum Gasteiger partial charge on any atom is 0.229 e. The number of nitrogens with one attached hydrogen (secondary N) is 2. The maximum absolute atomic E-state index is 12.7. The van der Waals surface area contributed by atoms with Crippen molar-refractivity contribution in [2.24, 2.45) is 0 Å². The van der Waals surface area contributed by atoms with Gasteiger partial charge in [-0.25, -0.2) is 4.39 Å². The van der Waals surface area contributed by atoms with E-state index in [0.717, 1.165) is 5.56 Å². The van der Waals surface area contributed by atoms with Crippen molar-refractivity contribution < 1.29 is 14.0 Å². The summed E-state index contributed by atoms with van der Waals surface area (Å²) in [4.78, 5) is 23.0. The Balaban J connectivity index is 2.36. The number of rotatable bonds is 4. The van der Waals surface area contributed by atoms with E-state index in [9.17, 15) is 14.0 Å². The quantitative estimate of drug-likeness (QED) is 0.816. The first-order valence-electron chi connectivity index (χ1n) is 6.08. The first kappa shape index (κ1) is 15.1. The van der Waals surface area contributed by atoms with E-state index >= 15 is 0 Å². The van der Waals surface area contributed by atoms with Gasteiger partial charge in [0.05, 0.1) is 0 Å². The lowest BCUT2D eigenvalue weighted by atomic mass is 10.1. The molecule has 4 nitrogen and oxygen atoms in total. The van der Waals surface area contributed by atoms with E-state index < -0.39 is 0 Å². The average Bonchev–Trinajstić information content (AvgIpc) is 2.25. The van der Waals surface area contributed by atoms with Crippen LogP contribution in [0.3, 0.4) is 0 Å². The van der Waals surface area contributed by atoms with Crippen molar-refractivity contribution >= 4 is 11.8 Å². The van der Waals surface area contributed by atoms with Crippen LogP contribution >= 0.6 is 0 Å². The lowest BCUT2D eigenvalue weighted by molar-refractivity contribution is -0.130. The molecular weight excluding hydrogens is 247 g/mol. The molecular formula is C14H19FN2O2. The average molecular weight is 266 g/mol. The minimum absolute atomic E-state index is 0.210. The molecule has 0 bridgehead atoms. The third-order valence-corrected chi connectivity index (χ3v) is 2.24. The van der Waals surface area contributed by atoms with Crippen LogP contribution in [-0.2, 0) is 16.1 Å². The summed E-state index contributed by atoms with van der Waals surface area (Å²) in [5, 5.41) is 5.32. The first-order chi connectivity index (χ1) is 8.76. The van der Waals surface area contributed by atoms with Crippen molar-refractivity contribution in [1.29, 1.82) is 0 Å². The molecule has 0 aromatic heterocycles. The van der Waals surface area contributed by atoms with Crippen molar-refractivity contribution in [1.82, 2.24) is 10.6 Å². The highest BCUT2D eigenvalue weighted by Crippen LogP contribution is 2.02. The van der Waals surface area contributed by atoms with Gasteiger partial charge in [0.25, 0.3) is 0 Å². The van der Waals surface area contributed by atoms with E-state index in [0.29, 0.717) is 0 Å². The fraction of sp³-hybridized carbons (Fsp3) is 0.429. The van der Waals surface area contributed by atoms with Gasteiger partial charge in [0, 0.05) is 12.1 Å². The summed E-state index contributed by atoms with van der Waals surface area (Å²) in [5.74, 6) is -0.991. The number of amides is 2. The molecule has 2 N–H and O–H groups in total. The number of hydrogen-bond acceptors (Lipinski definition) is 2. The zero-order chi connectivity index (χ0) is 14.5. The van der Waals surface area contributed by atoms with Crippen LogP contribution in [-0.4, -0.2) is 17.4 Å². The summed E-state index contributed by atoms with van der Waals surface area (Å²) < 4.78 is 12.7. The van der Waals surface area contributed by atoms with E-state index in [1.165, 1.54) is 12.1 Å². The molecule has 1 aromatic rings. The minimum atomic E-state index is -0.355. The fourth-order valence-corrected chi connectivity index (χ4v) is 1.47. The van der Waals surface area contributed by atoms with Crippen molar-refractivity contribution in [3.63, 3.8) is 0 Å². The molecule has 0 saturated heterocycles. The highest BCUT2D eigenvalue weighted by molar-refractivity contribution is 5.97. The molecule has 0 radical (unpaired) electrons. The second-order valence-electron chi connectivity index (χ2n) is 5.38.